The molecule has 2 rings (SSSR count). The highest BCUT2D eigenvalue weighted by Crippen LogP contribution is 2.34. The van der Waals surface area contributed by atoms with Crippen molar-refractivity contribution in [2.75, 3.05) is 0 Å². The van der Waals surface area contributed by atoms with Crippen molar-refractivity contribution in [2.45, 2.75) is 38.1 Å². The van der Waals surface area contributed by atoms with E-state index in [1.165, 1.54) is 0 Å². The minimum atomic E-state index is -1.14. The van der Waals surface area contributed by atoms with Crippen LogP contribution < -0.4 is 5.32 Å². The van der Waals surface area contributed by atoms with Crippen molar-refractivity contribution in [3.05, 3.63) is 34.3 Å². The van der Waals surface area contributed by atoms with Crippen molar-refractivity contribution in [1.82, 2.24) is 5.32 Å². The van der Waals surface area contributed by atoms with Crippen LogP contribution in [0.25, 0.3) is 0 Å². The Morgan fingerprint density at radius 2 is 2.15 bits per heavy atom. The summed E-state index contributed by atoms with van der Waals surface area (Å²) in [6.07, 6.45) is 3.16. The van der Waals surface area contributed by atoms with E-state index in [0.29, 0.717) is 12.0 Å². The van der Waals surface area contributed by atoms with Gasteiger partial charge in [-0.2, -0.15) is 0 Å². The summed E-state index contributed by atoms with van der Waals surface area (Å²) < 4.78 is 0.797. The summed E-state index contributed by atoms with van der Waals surface area (Å²) in [5, 5.41) is 12.4. The maximum atomic E-state index is 12.3. The van der Waals surface area contributed by atoms with Crippen LogP contribution in [-0.4, -0.2) is 22.5 Å². The number of carbonyl (C=O) groups is 2. The van der Waals surface area contributed by atoms with Gasteiger partial charge in [0.25, 0.3) is 5.91 Å². The van der Waals surface area contributed by atoms with E-state index in [2.05, 4.69) is 21.2 Å². The minimum Gasteiger partial charge on any atom is -0.479 e. The van der Waals surface area contributed by atoms with Crippen LogP contribution in [0.2, 0.25) is 0 Å². The van der Waals surface area contributed by atoms with Gasteiger partial charge >= 0.3 is 5.97 Å². The highest BCUT2D eigenvalue weighted by molar-refractivity contribution is 9.10. The maximum Gasteiger partial charge on any atom is 0.329 e. The molecule has 0 heterocycles. The van der Waals surface area contributed by atoms with Gasteiger partial charge in [0.1, 0.15) is 5.54 Å². The average Bonchev–Trinajstić information content (AvgIpc) is 2.41. The molecule has 2 unspecified atom stereocenters. The Bertz CT molecular complexity index is 532. The van der Waals surface area contributed by atoms with Gasteiger partial charge in [0, 0.05) is 10.0 Å². The quantitative estimate of drug-likeness (QED) is 0.888. The Morgan fingerprint density at radius 1 is 1.40 bits per heavy atom. The number of hydrogen-bond acceptors (Lipinski definition) is 2. The summed E-state index contributed by atoms with van der Waals surface area (Å²) in [5.41, 5.74) is -0.671. The van der Waals surface area contributed by atoms with E-state index < -0.39 is 11.5 Å². The van der Waals surface area contributed by atoms with E-state index in [0.717, 1.165) is 23.7 Å². The molecule has 0 radical (unpaired) electrons. The first-order valence-corrected chi connectivity index (χ1v) is 7.56. The summed E-state index contributed by atoms with van der Waals surface area (Å²) in [4.78, 5) is 24.0. The van der Waals surface area contributed by atoms with Gasteiger partial charge in [-0.15, -0.1) is 0 Å². The highest BCUT2D eigenvalue weighted by Gasteiger charge is 2.46. The van der Waals surface area contributed by atoms with Crippen molar-refractivity contribution < 1.29 is 14.7 Å². The van der Waals surface area contributed by atoms with Crippen molar-refractivity contribution in [3.63, 3.8) is 0 Å². The van der Waals surface area contributed by atoms with Gasteiger partial charge in [-0.1, -0.05) is 41.8 Å². The fourth-order valence-corrected chi connectivity index (χ4v) is 3.21. The molecule has 1 fully saturated rings. The van der Waals surface area contributed by atoms with Gasteiger partial charge in [-0.05, 0) is 37.0 Å². The molecule has 4 nitrogen and oxygen atoms in total. The fraction of sp³-hybridized carbons (Fsp3) is 0.467. The van der Waals surface area contributed by atoms with Gasteiger partial charge in [-0.3, -0.25) is 4.79 Å². The van der Waals surface area contributed by atoms with Crippen LogP contribution in [0.15, 0.2) is 28.7 Å². The number of carboxylic acids is 1. The summed E-state index contributed by atoms with van der Waals surface area (Å²) in [5.74, 6) is -1.33. The molecule has 108 valence electrons. The standard InChI is InChI=1S/C15H18BrNO3/c1-10-5-2-3-8-15(10,14(19)20)17-13(18)11-6-4-7-12(16)9-11/h4,6-7,9-10H,2-3,5,8H2,1H3,(H,17,18)(H,19,20). The lowest BCUT2D eigenvalue weighted by atomic mass is 9.73. The number of amides is 1. The molecule has 0 saturated heterocycles. The van der Waals surface area contributed by atoms with E-state index in [1.807, 2.05) is 13.0 Å². The van der Waals surface area contributed by atoms with E-state index in [9.17, 15) is 14.7 Å². The van der Waals surface area contributed by atoms with Gasteiger partial charge in [0.05, 0.1) is 0 Å². The third kappa shape index (κ3) is 2.87. The summed E-state index contributed by atoms with van der Waals surface area (Å²) in [7, 11) is 0. The first-order chi connectivity index (χ1) is 9.45. The molecule has 1 saturated carbocycles. The number of aliphatic carboxylic acids is 1. The number of nitrogens with one attached hydrogen (secondary N) is 1. The van der Waals surface area contributed by atoms with E-state index in [1.54, 1.807) is 18.2 Å². The predicted octanol–water partition coefficient (Wildman–Crippen LogP) is 3.21. The van der Waals surface area contributed by atoms with Crippen LogP contribution in [0.1, 0.15) is 43.0 Å². The smallest absolute Gasteiger partial charge is 0.329 e. The molecule has 0 spiro atoms. The second-order valence-corrected chi connectivity index (χ2v) is 6.30. The SMILES string of the molecule is CC1CCCCC1(NC(=O)c1cccc(Br)c1)C(=O)O. The molecular formula is C15H18BrNO3. The first kappa shape index (κ1) is 15.0. The molecule has 1 aromatic carbocycles. The third-order valence-corrected chi connectivity index (χ3v) is 4.60. The lowest BCUT2D eigenvalue weighted by Crippen LogP contribution is -2.60. The lowest BCUT2D eigenvalue weighted by Gasteiger charge is -2.39. The number of hydrogen-bond donors (Lipinski definition) is 2. The Balaban J connectivity index is 2.24. The molecule has 20 heavy (non-hydrogen) atoms. The van der Waals surface area contributed by atoms with Crippen molar-refractivity contribution in [3.8, 4) is 0 Å². The van der Waals surface area contributed by atoms with E-state index in [-0.39, 0.29) is 11.8 Å². The Morgan fingerprint density at radius 3 is 2.75 bits per heavy atom. The largest absolute Gasteiger partial charge is 0.479 e. The molecule has 0 aromatic heterocycles. The summed E-state index contributed by atoms with van der Waals surface area (Å²) >= 11 is 3.31. The van der Waals surface area contributed by atoms with E-state index in [4.69, 9.17) is 0 Å². The minimum absolute atomic E-state index is 0.0650. The molecule has 5 heteroatoms. The zero-order chi connectivity index (χ0) is 14.8. The lowest BCUT2D eigenvalue weighted by molar-refractivity contribution is -0.148. The molecule has 1 aliphatic rings. The van der Waals surface area contributed by atoms with Gasteiger partial charge in [-0.25, -0.2) is 4.79 Å². The molecule has 0 aliphatic heterocycles. The Kier molecular flexibility index (Phi) is 4.48. The van der Waals surface area contributed by atoms with Crippen LogP contribution in [0, 0.1) is 5.92 Å². The van der Waals surface area contributed by atoms with Crippen LogP contribution >= 0.6 is 15.9 Å². The molecule has 2 N–H and O–H groups in total. The first-order valence-electron chi connectivity index (χ1n) is 6.77. The molecule has 0 bridgehead atoms. The topological polar surface area (TPSA) is 66.4 Å². The average molecular weight is 340 g/mol. The van der Waals surface area contributed by atoms with Crippen molar-refractivity contribution >= 4 is 27.8 Å². The number of halogens is 1. The van der Waals surface area contributed by atoms with Gasteiger partial charge in [0.2, 0.25) is 0 Å². The summed E-state index contributed by atoms with van der Waals surface area (Å²) in [6.45, 7) is 1.90. The van der Waals surface area contributed by atoms with Gasteiger partial charge in [0.15, 0.2) is 0 Å². The Hall–Kier alpha value is -1.36. The van der Waals surface area contributed by atoms with E-state index >= 15 is 0 Å². The second kappa shape index (κ2) is 5.95. The monoisotopic (exact) mass is 339 g/mol. The number of benzene rings is 1. The highest BCUT2D eigenvalue weighted by atomic mass is 79.9. The second-order valence-electron chi connectivity index (χ2n) is 5.39. The van der Waals surface area contributed by atoms with Crippen LogP contribution in [0.5, 0.6) is 0 Å². The molecule has 1 aliphatic carbocycles. The van der Waals surface area contributed by atoms with Crippen molar-refractivity contribution in [2.24, 2.45) is 5.92 Å². The molecular weight excluding hydrogens is 322 g/mol. The van der Waals surface area contributed by atoms with Crippen molar-refractivity contribution in [1.29, 1.82) is 0 Å². The molecule has 2 atom stereocenters. The number of carboxylic acid groups (broad SMARTS) is 1. The number of rotatable bonds is 3. The van der Waals surface area contributed by atoms with Crippen LogP contribution in [-0.2, 0) is 4.79 Å². The Labute approximate surface area is 126 Å². The third-order valence-electron chi connectivity index (χ3n) is 4.10. The van der Waals surface area contributed by atoms with Crippen LogP contribution in [0.3, 0.4) is 0 Å². The fourth-order valence-electron chi connectivity index (χ4n) is 2.81. The molecule has 1 aromatic rings. The normalized spacial score (nSPS) is 26.0. The van der Waals surface area contributed by atoms with Crippen LogP contribution in [0.4, 0.5) is 0 Å². The maximum absolute atomic E-state index is 12.3. The zero-order valence-corrected chi connectivity index (χ0v) is 12.9. The zero-order valence-electron chi connectivity index (χ0n) is 11.4. The number of carbonyl (C=O) groups excluding carboxylic acids is 1. The molecule has 1 amide bonds. The summed E-state index contributed by atoms with van der Waals surface area (Å²) in [6, 6.07) is 6.96. The van der Waals surface area contributed by atoms with Gasteiger partial charge < -0.3 is 10.4 Å². The predicted molar refractivity (Wildman–Crippen MR) is 79.6 cm³/mol.